The van der Waals surface area contributed by atoms with Gasteiger partial charge in [-0.1, -0.05) is 0 Å². The summed E-state index contributed by atoms with van der Waals surface area (Å²) in [4.78, 5) is 16.9. The van der Waals surface area contributed by atoms with E-state index in [9.17, 15) is 4.57 Å². The molecule has 0 spiro atoms. The lowest BCUT2D eigenvalue weighted by Gasteiger charge is -2.16. The number of rotatable bonds is 7. The molecule has 0 aromatic rings. The minimum atomic E-state index is -4.39. The van der Waals surface area contributed by atoms with Crippen molar-refractivity contribution in [3.8, 4) is 0 Å². The highest BCUT2D eigenvalue weighted by molar-refractivity contribution is 7.46. The Hall–Kier alpha value is 0.0300. The molecule has 2 atom stereocenters. The van der Waals surface area contributed by atoms with Gasteiger partial charge in [0.05, 0.1) is 12.7 Å². The lowest BCUT2D eigenvalue weighted by Crippen LogP contribution is -2.22. The lowest BCUT2D eigenvalue weighted by molar-refractivity contribution is 0.0382. The molecule has 4 N–H and O–H groups in total. The summed E-state index contributed by atoms with van der Waals surface area (Å²) in [7, 11) is -2.92. The van der Waals surface area contributed by atoms with Gasteiger partial charge in [0.1, 0.15) is 0 Å². The van der Waals surface area contributed by atoms with Crippen molar-refractivity contribution >= 4 is 7.82 Å². The zero-order valence-electron chi connectivity index (χ0n) is 8.42. The number of ether oxygens (including phenoxy) is 1. The molecule has 0 aromatic heterocycles. The van der Waals surface area contributed by atoms with Crippen molar-refractivity contribution < 1.29 is 23.6 Å². The Labute approximate surface area is 83.6 Å². The summed E-state index contributed by atoms with van der Waals surface area (Å²) < 4.78 is 19.7. The fourth-order valence-electron chi connectivity index (χ4n) is 0.898. The van der Waals surface area contributed by atoms with Crippen molar-refractivity contribution in [1.82, 2.24) is 0 Å². The first-order chi connectivity index (χ1) is 6.35. The summed E-state index contributed by atoms with van der Waals surface area (Å²) in [5.41, 5.74) is 5.53. The quantitative estimate of drug-likeness (QED) is 0.538. The third kappa shape index (κ3) is 8.62. The largest absolute Gasteiger partial charge is 0.469 e. The third-order valence-electron chi connectivity index (χ3n) is 1.71. The third-order valence-corrected chi connectivity index (χ3v) is 2.19. The molecule has 0 aliphatic heterocycles. The van der Waals surface area contributed by atoms with Crippen LogP contribution in [0.3, 0.4) is 0 Å². The number of nitrogens with two attached hydrogens (primary N) is 1. The van der Waals surface area contributed by atoms with E-state index in [1.807, 2.05) is 6.92 Å². The predicted molar refractivity (Wildman–Crippen MR) is 51.7 cm³/mol. The summed E-state index contributed by atoms with van der Waals surface area (Å²) in [5, 5.41) is 0. The van der Waals surface area contributed by atoms with Crippen LogP contribution in [0.15, 0.2) is 0 Å². The molecule has 0 radical (unpaired) electrons. The summed E-state index contributed by atoms with van der Waals surface area (Å²) in [5.74, 6) is 0. The fourth-order valence-corrected chi connectivity index (χ4v) is 1.26. The van der Waals surface area contributed by atoms with Gasteiger partial charge in [0.2, 0.25) is 0 Å². The van der Waals surface area contributed by atoms with Crippen molar-refractivity contribution in [2.45, 2.75) is 31.9 Å². The standard InChI is InChI=1S/C7H18NO5P/c1-6(8)3-4-7(12-2)5-13-14(9,10)11/h6-7H,3-5,8H2,1-2H3,(H2,9,10,11)/t6?,7-/m0/s1. The van der Waals surface area contributed by atoms with Gasteiger partial charge in [0.25, 0.3) is 0 Å². The summed E-state index contributed by atoms with van der Waals surface area (Å²) in [6, 6.07) is 0.0442. The molecule has 0 aromatic carbocycles. The van der Waals surface area contributed by atoms with Crippen LogP contribution in [0.2, 0.25) is 0 Å². The van der Waals surface area contributed by atoms with Crippen molar-refractivity contribution in [3.63, 3.8) is 0 Å². The summed E-state index contributed by atoms with van der Waals surface area (Å²) >= 11 is 0. The molecule has 86 valence electrons. The second kappa shape index (κ2) is 6.50. The SMILES string of the molecule is CO[C@@H](CCC(C)N)COP(=O)(O)O. The highest BCUT2D eigenvalue weighted by Gasteiger charge is 2.18. The molecule has 0 heterocycles. The average molecular weight is 227 g/mol. The molecule has 0 bridgehead atoms. The molecule has 0 rings (SSSR count). The van der Waals surface area contributed by atoms with E-state index in [1.54, 1.807) is 0 Å². The zero-order chi connectivity index (χ0) is 11.2. The lowest BCUT2D eigenvalue weighted by atomic mass is 10.1. The highest BCUT2D eigenvalue weighted by Crippen LogP contribution is 2.36. The zero-order valence-corrected chi connectivity index (χ0v) is 9.31. The van der Waals surface area contributed by atoms with E-state index >= 15 is 0 Å². The van der Waals surface area contributed by atoms with Crippen molar-refractivity contribution in [2.75, 3.05) is 13.7 Å². The molecule has 0 amide bonds. The van der Waals surface area contributed by atoms with Gasteiger partial charge in [0, 0.05) is 13.2 Å². The van der Waals surface area contributed by atoms with Crippen LogP contribution in [0.5, 0.6) is 0 Å². The molecule has 14 heavy (non-hydrogen) atoms. The average Bonchev–Trinajstić information content (AvgIpc) is 2.02. The number of hydrogen-bond acceptors (Lipinski definition) is 4. The second-order valence-electron chi connectivity index (χ2n) is 3.20. The Bertz CT molecular complexity index is 193. The molecule has 0 aliphatic carbocycles. The van der Waals surface area contributed by atoms with E-state index in [0.29, 0.717) is 6.42 Å². The number of phosphoric ester groups is 1. The monoisotopic (exact) mass is 227 g/mol. The molecule has 0 saturated heterocycles. The first kappa shape index (κ1) is 14.0. The number of hydrogen-bond donors (Lipinski definition) is 3. The van der Waals surface area contributed by atoms with Gasteiger partial charge in [-0.05, 0) is 19.8 Å². The van der Waals surface area contributed by atoms with Gasteiger partial charge in [-0.3, -0.25) is 4.52 Å². The van der Waals surface area contributed by atoms with Crippen molar-refractivity contribution in [2.24, 2.45) is 5.73 Å². The van der Waals surface area contributed by atoms with Gasteiger partial charge < -0.3 is 20.3 Å². The van der Waals surface area contributed by atoms with Crippen molar-refractivity contribution in [1.29, 1.82) is 0 Å². The summed E-state index contributed by atoms with van der Waals surface area (Å²) in [6.07, 6.45) is 1.02. The first-order valence-corrected chi connectivity index (χ1v) is 5.86. The topological polar surface area (TPSA) is 102 Å². The van der Waals surface area contributed by atoms with E-state index < -0.39 is 7.82 Å². The van der Waals surface area contributed by atoms with Crippen LogP contribution in [0, 0.1) is 0 Å². The Morgan fingerprint density at radius 2 is 2.00 bits per heavy atom. The van der Waals surface area contributed by atoms with E-state index in [0.717, 1.165) is 6.42 Å². The van der Waals surface area contributed by atoms with Crippen LogP contribution >= 0.6 is 7.82 Å². The highest BCUT2D eigenvalue weighted by atomic mass is 31.2. The first-order valence-electron chi connectivity index (χ1n) is 4.33. The van der Waals surface area contributed by atoms with E-state index in [-0.39, 0.29) is 18.8 Å². The minimum absolute atomic E-state index is 0.0442. The Balaban J connectivity index is 3.74. The number of methoxy groups -OCH3 is 1. The van der Waals surface area contributed by atoms with Gasteiger partial charge in [-0.15, -0.1) is 0 Å². The van der Waals surface area contributed by atoms with Crippen LogP contribution in [0.1, 0.15) is 19.8 Å². The fraction of sp³-hybridized carbons (Fsp3) is 1.00. The molecule has 0 fully saturated rings. The molecular formula is C7H18NO5P. The van der Waals surface area contributed by atoms with Gasteiger partial charge in [0.15, 0.2) is 0 Å². The molecular weight excluding hydrogens is 209 g/mol. The van der Waals surface area contributed by atoms with Crippen LogP contribution in [0.25, 0.3) is 0 Å². The molecule has 0 aliphatic rings. The van der Waals surface area contributed by atoms with E-state index in [1.165, 1.54) is 7.11 Å². The van der Waals surface area contributed by atoms with E-state index in [2.05, 4.69) is 4.52 Å². The Morgan fingerprint density at radius 1 is 1.43 bits per heavy atom. The molecule has 7 heteroatoms. The second-order valence-corrected chi connectivity index (χ2v) is 4.44. The molecule has 0 saturated carbocycles. The molecule has 6 nitrogen and oxygen atoms in total. The van der Waals surface area contributed by atoms with Crippen molar-refractivity contribution in [3.05, 3.63) is 0 Å². The van der Waals surface area contributed by atoms with Crippen LogP contribution in [-0.2, 0) is 13.8 Å². The Morgan fingerprint density at radius 3 is 2.36 bits per heavy atom. The van der Waals surface area contributed by atoms with Gasteiger partial charge in [-0.2, -0.15) is 0 Å². The minimum Gasteiger partial charge on any atom is -0.379 e. The Kier molecular flexibility index (Phi) is 6.52. The van der Waals surface area contributed by atoms with Crippen LogP contribution < -0.4 is 5.73 Å². The maximum absolute atomic E-state index is 10.4. The van der Waals surface area contributed by atoms with Crippen LogP contribution in [0.4, 0.5) is 0 Å². The normalized spacial score (nSPS) is 16.6. The maximum Gasteiger partial charge on any atom is 0.469 e. The van der Waals surface area contributed by atoms with E-state index in [4.69, 9.17) is 20.3 Å². The predicted octanol–water partition coefficient (Wildman–Crippen LogP) is 0.238. The van der Waals surface area contributed by atoms with Gasteiger partial charge in [-0.25, -0.2) is 4.57 Å². The smallest absolute Gasteiger partial charge is 0.379 e. The summed E-state index contributed by atoms with van der Waals surface area (Å²) in [6.45, 7) is 1.74. The van der Waals surface area contributed by atoms with Crippen LogP contribution in [-0.4, -0.2) is 35.6 Å². The van der Waals surface area contributed by atoms with Gasteiger partial charge >= 0.3 is 7.82 Å². The molecule has 1 unspecified atom stereocenters. The maximum atomic E-state index is 10.4. The number of phosphoric acid groups is 1.